The highest BCUT2D eigenvalue weighted by Crippen LogP contribution is 2.46. The number of pyridine rings is 1. The number of benzene rings is 3. The van der Waals surface area contributed by atoms with Gasteiger partial charge in [-0.1, -0.05) is 42.5 Å². The number of nitrogens with zero attached hydrogens (tertiary/aromatic N) is 1. The van der Waals surface area contributed by atoms with E-state index in [2.05, 4.69) is 0 Å². The summed E-state index contributed by atoms with van der Waals surface area (Å²) < 4.78 is 38.9. The number of hydrogen-bond acceptors (Lipinski definition) is 3. The third kappa shape index (κ3) is 3.20. The number of alkyl halides is 3. The van der Waals surface area contributed by atoms with Gasteiger partial charge in [0.2, 0.25) is 0 Å². The molecule has 1 aromatic heterocycles. The van der Waals surface area contributed by atoms with Crippen LogP contribution in [0.25, 0.3) is 33.6 Å². The predicted octanol–water partition coefficient (Wildman–Crippen LogP) is 6.42. The van der Waals surface area contributed by atoms with Crippen molar-refractivity contribution in [2.45, 2.75) is 12.6 Å². The highest BCUT2D eigenvalue weighted by atomic mass is 19.4. The van der Waals surface area contributed by atoms with Gasteiger partial charge in [0.25, 0.3) is 0 Å². The van der Waals surface area contributed by atoms with Crippen LogP contribution in [-0.4, -0.2) is 15.2 Å². The first kappa shape index (κ1) is 19.2. The van der Waals surface area contributed by atoms with Crippen LogP contribution in [0, 0.1) is 0 Å². The summed E-state index contributed by atoms with van der Waals surface area (Å²) in [5.41, 5.74) is 4.65. The average molecular weight is 419 g/mol. The van der Waals surface area contributed by atoms with Crippen molar-refractivity contribution in [2.75, 3.05) is 0 Å². The SMILES string of the molecule is Oc1ccccc1-c1cc(-c2ccc(C(F)(F)F)cc2)nc2c1Cc1c(O)cccc1-2. The number of hydrogen-bond donors (Lipinski definition) is 2. The average Bonchev–Trinajstić information content (AvgIpc) is 3.13. The van der Waals surface area contributed by atoms with E-state index in [0.29, 0.717) is 28.9 Å². The molecule has 3 nitrogen and oxygen atoms in total. The summed E-state index contributed by atoms with van der Waals surface area (Å²) in [5, 5.41) is 20.8. The molecule has 0 saturated carbocycles. The van der Waals surface area contributed by atoms with Crippen molar-refractivity contribution >= 4 is 0 Å². The number of phenolic OH excluding ortho intramolecular Hbond substituents is 2. The number of phenols is 2. The van der Waals surface area contributed by atoms with Crippen molar-refractivity contribution < 1.29 is 23.4 Å². The lowest BCUT2D eigenvalue weighted by Gasteiger charge is -2.14. The Hall–Kier alpha value is -3.80. The fourth-order valence-electron chi connectivity index (χ4n) is 4.05. The van der Waals surface area contributed by atoms with Gasteiger partial charge in [0.1, 0.15) is 11.5 Å². The molecule has 0 amide bonds. The van der Waals surface area contributed by atoms with E-state index in [-0.39, 0.29) is 11.5 Å². The van der Waals surface area contributed by atoms with Gasteiger partial charge in [-0.2, -0.15) is 13.2 Å². The molecule has 2 N–H and O–H groups in total. The molecule has 154 valence electrons. The van der Waals surface area contributed by atoms with Gasteiger partial charge in [-0.25, -0.2) is 4.98 Å². The van der Waals surface area contributed by atoms with E-state index in [0.717, 1.165) is 34.4 Å². The van der Waals surface area contributed by atoms with Crippen LogP contribution >= 0.6 is 0 Å². The second kappa shape index (κ2) is 6.87. The lowest BCUT2D eigenvalue weighted by atomic mass is 9.95. The maximum Gasteiger partial charge on any atom is 0.416 e. The summed E-state index contributed by atoms with van der Waals surface area (Å²) in [5.74, 6) is 0.254. The van der Waals surface area contributed by atoms with Crippen molar-refractivity contribution in [3.05, 3.63) is 89.5 Å². The van der Waals surface area contributed by atoms with Crippen molar-refractivity contribution in [3.63, 3.8) is 0 Å². The van der Waals surface area contributed by atoms with E-state index in [4.69, 9.17) is 4.98 Å². The van der Waals surface area contributed by atoms with E-state index >= 15 is 0 Å². The second-order valence-electron chi connectivity index (χ2n) is 7.45. The number of para-hydroxylation sites is 1. The Balaban J connectivity index is 1.74. The number of aromatic nitrogens is 1. The van der Waals surface area contributed by atoms with E-state index in [1.165, 1.54) is 12.1 Å². The quantitative estimate of drug-likeness (QED) is 0.347. The molecule has 5 rings (SSSR count). The Labute approximate surface area is 176 Å². The van der Waals surface area contributed by atoms with Crippen LogP contribution in [0.2, 0.25) is 0 Å². The number of halogens is 3. The molecule has 0 bridgehead atoms. The van der Waals surface area contributed by atoms with Gasteiger partial charge in [0.15, 0.2) is 0 Å². The van der Waals surface area contributed by atoms with Gasteiger partial charge in [0, 0.05) is 28.7 Å². The zero-order valence-electron chi connectivity index (χ0n) is 16.1. The summed E-state index contributed by atoms with van der Waals surface area (Å²) in [4.78, 5) is 4.74. The Bertz CT molecular complexity index is 1310. The topological polar surface area (TPSA) is 53.4 Å². The number of fused-ring (bicyclic) bond motifs is 3. The summed E-state index contributed by atoms with van der Waals surface area (Å²) in [6, 6.07) is 18.7. The van der Waals surface area contributed by atoms with Crippen LogP contribution in [0.1, 0.15) is 16.7 Å². The summed E-state index contributed by atoms with van der Waals surface area (Å²) in [7, 11) is 0. The molecule has 0 unspecified atom stereocenters. The standard InChI is InChI=1S/C25H16F3NO2/c26-25(27,28)15-10-8-14(9-11-15)21-13-18(16-4-1-2-6-22(16)30)20-12-19-17(24(20)29-21)5-3-7-23(19)31/h1-11,13,30-31H,12H2. The van der Waals surface area contributed by atoms with Crippen molar-refractivity contribution in [3.8, 4) is 45.1 Å². The Morgan fingerprint density at radius 3 is 2.10 bits per heavy atom. The second-order valence-corrected chi connectivity index (χ2v) is 7.45. The highest BCUT2D eigenvalue weighted by Gasteiger charge is 2.31. The minimum Gasteiger partial charge on any atom is -0.508 e. The Morgan fingerprint density at radius 2 is 1.39 bits per heavy atom. The van der Waals surface area contributed by atoms with Crippen LogP contribution in [0.3, 0.4) is 0 Å². The molecule has 1 heterocycles. The molecule has 6 heteroatoms. The highest BCUT2D eigenvalue weighted by molar-refractivity contribution is 5.88. The van der Waals surface area contributed by atoms with Crippen LogP contribution in [-0.2, 0) is 12.6 Å². The van der Waals surface area contributed by atoms with E-state index in [1.54, 1.807) is 42.5 Å². The van der Waals surface area contributed by atoms with Crippen LogP contribution in [0.4, 0.5) is 13.2 Å². The molecule has 1 aliphatic carbocycles. The zero-order valence-corrected chi connectivity index (χ0v) is 16.1. The first-order valence-electron chi connectivity index (χ1n) is 9.64. The van der Waals surface area contributed by atoms with Crippen LogP contribution in [0.5, 0.6) is 11.5 Å². The molecule has 4 aromatic rings. The number of aromatic hydroxyl groups is 2. The zero-order chi connectivity index (χ0) is 21.8. The fraction of sp³-hybridized carbons (Fsp3) is 0.0800. The molecule has 31 heavy (non-hydrogen) atoms. The molecule has 0 aliphatic heterocycles. The first-order valence-corrected chi connectivity index (χ1v) is 9.64. The molecular weight excluding hydrogens is 403 g/mol. The largest absolute Gasteiger partial charge is 0.508 e. The lowest BCUT2D eigenvalue weighted by molar-refractivity contribution is -0.137. The third-order valence-corrected chi connectivity index (χ3v) is 5.59. The molecule has 1 aliphatic rings. The minimum atomic E-state index is -4.42. The fourth-order valence-corrected chi connectivity index (χ4v) is 4.05. The normalized spacial score (nSPS) is 12.5. The van der Waals surface area contributed by atoms with Crippen molar-refractivity contribution in [1.82, 2.24) is 4.98 Å². The third-order valence-electron chi connectivity index (χ3n) is 5.59. The summed E-state index contributed by atoms with van der Waals surface area (Å²) in [6.45, 7) is 0. The monoisotopic (exact) mass is 419 g/mol. The Morgan fingerprint density at radius 1 is 0.710 bits per heavy atom. The van der Waals surface area contributed by atoms with Crippen LogP contribution < -0.4 is 0 Å². The van der Waals surface area contributed by atoms with E-state index in [9.17, 15) is 23.4 Å². The van der Waals surface area contributed by atoms with Gasteiger partial charge in [-0.05, 0) is 41.5 Å². The lowest BCUT2D eigenvalue weighted by Crippen LogP contribution is -2.04. The van der Waals surface area contributed by atoms with Gasteiger partial charge in [0.05, 0.1) is 17.0 Å². The minimum absolute atomic E-state index is 0.0921. The molecule has 0 atom stereocenters. The molecule has 0 radical (unpaired) electrons. The predicted molar refractivity (Wildman–Crippen MR) is 112 cm³/mol. The van der Waals surface area contributed by atoms with E-state index < -0.39 is 11.7 Å². The molecule has 0 saturated heterocycles. The Kier molecular flexibility index (Phi) is 4.25. The van der Waals surface area contributed by atoms with Gasteiger partial charge < -0.3 is 10.2 Å². The van der Waals surface area contributed by atoms with E-state index in [1.807, 2.05) is 6.07 Å². The molecule has 3 aromatic carbocycles. The van der Waals surface area contributed by atoms with Gasteiger partial charge in [-0.3, -0.25) is 0 Å². The number of rotatable bonds is 2. The van der Waals surface area contributed by atoms with Gasteiger partial charge >= 0.3 is 6.18 Å². The van der Waals surface area contributed by atoms with Crippen LogP contribution in [0.15, 0.2) is 72.8 Å². The maximum atomic E-state index is 13.0. The molecule has 0 fully saturated rings. The summed E-state index contributed by atoms with van der Waals surface area (Å²) >= 11 is 0. The van der Waals surface area contributed by atoms with Crippen molar-refractivity contribution in [1.29, 1.82) is 0 Å². The maximum absolute atomic E-state index is 13.0. The van der Waals surface area contributed by atoms with Crippen molar-refractivity contribution in [2.24, 2.45) is 0 Å². The first-order chi connectivity index (χ1) is 14.8. The molecular formula is C25H16F3NO2. The molecule has 0 spiro atoms. The van der Waals surface area contributed by atoms with Gasteiger partial charge in [-0.15, -0.1) is 0 Å². The smallest absolute Gasteiger partial charge is 0.416 e. The summed E-state index contributed by atoms with van der Waals surface area (Å²) in [6.07, 6.45) is -3.97.